The van der Waals surface area contributed by atoms with Crippen LogP contribution in [0.3, 0.4) is 0 Å². The molecule has 1 saturated heterocycles. The monoisotopic (exact) mass is 387 g/mol. The predicted octanol–water partition coefficient (Wildman–Crippen LogP) is 2.52. The van der Waals surface area contributed by atoms with Crippen molar-refractivity contribution < 1.29 is 14.7 Å². The van der Waals surface area contributed by atoms with Gasteiger partial charge in [-0.05, 0) is 30.5 Å². The molecule has 142 valence electrons. The fraction of sp³-hybridized carbons (Fsp3) is 0.350. The Kier molecular flexibility index (Phi) is 6.42. The minimum absolute atomic E-state index is 0.181. The van der Waals surface area contributed by atoms with Crippen LogP contribution in [0, 0.1) is 5.92 Å². The van der Waals surface area contributed by atoms with Crippen molar-refractivity contribution >= 4 is 29.2 Å². The molecule has 0 spiro atoms. The molecule has 7 heteroatoms. The number of pyridine rings is 1. The number of nitrogens with one attached hydrogen (secondary N) is 1. The van der Waals surface area contributed by atoms with Crippen molar-refractivity contribution in [3.8, 4) is 0 Å². The van der Waals surface area contributed by atoms with Gasteiger partial charge >= 0.3 is 0 Å². The lowest BCUT2D eigenvalue weighted by Crippen LogP contribution is -2.48. The van der Waals surface area contributed by atoms with Crippen LogP contribution < -0.4 is 5.32 Å². The maximum absolute atomic E-state index is 12.6. The fourth-order valence-electron chi connectivity index (χ4n) is 3.20. The number of halogens is 1. The molecule has 1 aromatic carbocycles. The maximum Gasteiger partial charge on any atom is 0.251 e. The second kappa shape index (κ2) is 8.97. The Morgan fingerprint density at radius 1 is 1.26 bits per heavy atom. The van der Waals surface area contributed by atoms with E-state index in [0.29, 0.717) is 30.4 Å². The van der Waals surface area contributed by atoms with Crippen LogP contribution in [0.5, 0.6) is 0 Å². The Morgan fingerprint density at radius 3 is 2.74 bits per heavy atom. The number of anilines is 1. The van der Waals surface area contributed by atoms with Crippen LogP contribution in [0.1, 0.15) is 18.4 Å². The van der Waals surface area contributed by atoms with Gasteiger partial charge in [-0.2, -0.15) is 0 Å². The maximum atomic E-state index is 12.6. The number of amides is 2. The summed E-state index contributed by atoms with van der Waals surface area (Å²) in [6.07, 6.45) is 2.04. The first-order valence-electron chi connectivity index (χ1n) is 8.96. The second-order valence-electron chi connectivity index (χ2n) is 6.68. The third-order valence-electron chi connectivity index (χ3n) is 4.64. The average molecular weight is 388 g/mol. The number of piperidine rings is 1. The molecule has 6 nitrogen and oxygen atoms in total. The van der Waals surface area contributed by atoms with Gasteiger partial charge in [0.25, 0.3) is 5.91 Å². The lowest BCUT2D eigenvalue weighted by Gasteiger charge is -2.33. The number of aromatic nitrogens is 1. The number of hydrogen-bond acceptors (Lipinski definition) is 4. The highest BCUT2D eigenvalue weighted by atomic mass is 35.5. The highest BCUT2D eigenvalue weighted by Gasteiger charge is 2.31. The van der Waals surface area contributed by atoms with Crippen LogP contribution in [-0.2, 0) is 16.0 Å². The van der Waals surface area contributed by atoms with E-state index in [1.807, 2.05) is 30.3 Å². The zero-order chi connectivity index (χ0) is 19.2. The van der Waals surface area contributed by atoms with Gasteiger partial charge in [0.15, 0.2) is 0 Å². The first kappa shape index (κ1) is 19.3. The van der Waals surface area contributed by atoms with Crippen LogP contribution >= 0.6 is 11.6 Å². The summed E-state index contributed by atoms with van der Waals surface area (Å²) in [5.41, 5.74) is 0.901. The molecule has 2 amide bonds. The lowest BCUT2D eigenvalue weighted by molar-refractivity contribution is -0.142. The van der Waals surface area contributed by atoms with E-state index in [1.165, 1.54) is 6.20 Å². The first-order chi connectivity index (χ1) is 13.0. The molecule has 0 aliphatic carbocycles. The van der Waals surface area contributed by atoms with E-state index in [2.05, 4.69) is 10.3 Å². The van der Waals surface area contributed by atoms with Gasteiger partial charge in [0.2, 0.25) is 5.91 Å². The van der Waals surface area contributed by atoms with Gasteiger partial charge in [-0.1, -0.05) is 41.9 Å². The van der Waals surface area contributed by atoms with Gasteiger partial charge < -0.3 is 15.3 Å². The van der Waals surface area contributed by atoms with Crippen LogP contribution in [0.4, 0.5) is 5.82 Å². The Bertz CT molecular complexity index is 783. The highest BCUT2D eigenvalue weighted by Crippen LogP contribution is 2.20. The molecule has 2 heterocycles. The van der Waals surface area contributed by atoms with Crippen LogP contribution in [0.15, 0.2) is 48.7 Å². The number of aliphatic hydroxyl groups is 1. The van der Waals surface area contributed by atoms with Crippen molar-refractivity contribution in [1.82, 2.24) is 9.88 Å². The third-order valence-corrected chi connectivity index (χ3v) is 4.86. The van der Waals surface area contributed by atoms with Crippen LogP contribution in [-0.4, -0.2) is 46.0 Å². The van der Waals surface area contributed by atoms with E-state index in [4.69, 9.17) is 11.6 Å². The summed E-state index contributed by atoms with van der Waals surface area (Å²) in [6, 6.07) is 12.7. The zero-order valence-electron chi connectivity index (χ0n) is 14.8. The molecule has 0 radical (unpaired) electrons. The zero-order valence-corrected chi connectivity index (χ0v) is 15.6. The summed E-state index contributed by atoms with van der Waals surface area (Å²) in [4.78, 5) is 30.7. The third kappa shape index (κ3) is 5.28. The quantitative estimate of drug-likeness (QED) is 0.825. The Morgan fingerprint density at radius 2 is 2.04 bits per heavy atom. The van der Waals surface area contributed by atoms with Crippen molar-refractivity contribution in [2.75, 3.05) is 18.4 Å². The van der Waals surface area contributed by atoms with Gasteiger partial charge in [0.1, 0.15) is 11.9 Å². The molecule has 1 fully saturated rings. The van der Waals surface area contributed by atoms with E-state index in [-0.39, 0.29) is 24.2 Å². The average Bonchev–Trinajstić information content (AvgIpc) is 2.70. The van der Waals surface area contributed by atoms with Crippen molar-refractivity contribution in [3.63, 3.8) is 0 Å². The van der Waals surface area contributed by atoms with Crippen molar-refractivity contribution in [2.24, 2.45) is 5.92 Å². The van der Waals surface area contributed by atoms with Crippen molar-refractivity contribution in [3.05, 3.63) is 59.2 Å². The molecule has 1 aliphatic heterocycles. The van der Waals surface area contributed by atoms with E-state index >= 15 is 0 Å². The summed E-state index contributed by atoms with van der Waals surface area (Å²) < 4.78 is 0. The lowest BCUT2D eigenvalue weighted by atomic mass is 9.96. The molecule has 1 aromatic heterocycles. The summed E-state index contributed by atoms with van der Waals surface area (Å²) >= 11 is 5.80. The van der Waals surface area contributed by atoms with E-state index in [9.17, 15) is 14.7 Å². The highest BCUT2D eigenvalue weighted by molar-refractivity contribution is 6.30. The Hall–Kier alpha value is -2.44. The predicted molar refractivity (Wildman–Crippen MR) is 103 cm³/mol. The Labute approximate surface area is 163 Å². The number of likely N-dealkylation sites (tertiary alicyclic amines) is 1. The molecule has 27 heavy (non-hydrogen) atoms. The Balaban J connectivity index is 1.57. The number of nitrogens with zero attached hydrogens (tertiary/aromatic N) is 2. The van der Waals surface area contributed by atoms with Crippen molar-refractivity contribution in [2.45, 2.75) is 25.4 Å². The van der Waals surface area contributed by atoms with Gasteiger partial charge in [-0.25, -0.2) is 4.98 Å². The molecule has 1 aliphatic rings. The molecule has 3 rings (SSSR count). The van der Waals surface area contributed by atoms with Gasteiger partial charge in [0.05, 0.1) is 10.9 Å². The van der Waals surface area contributed by atoms with Crippen LogP contribution in [0.25, 0.3) is 0 Å². The topological polar surface area (TPSA) is 82.5 Å². The summed E-state index contributed by atoms with van der Waals surface area (Å²) in [5, 5.41) is 13.5. The van der Waals surface area contributed by atoms with Crippen LogP contribution in [0.2, 0.25) is 5.02 Å². The van der Waals surface area contributed by atoms with Crippen molar-refractivity contribution in [1.29, 1.82) is 0 Å². The van der Waals surface area contributed by atoms with Gasteiger partial charge in [-0.15, -0.1) is 0 Å². The second-order valence-corrected chi connectivity index (χ2v) is 7.12. The molecule has 0 bridgehead atoms. The number of benzene rings is 1. The largest absolute Gasteiger partial charge is 0.383 e. The molecule has 2 aromatic rings. The summed E-state index contributed by atoms with van der Waals surface area (Å²) in [5.74, 6) is -0.415. The van der Waals surface area contributed by atoms with E-state index in [1.54, 1.807) is 17.0 Å². The number of carbonyl (C=O) groups is 2. The number of hydrogen-bond donors (Lipinski definition) is 2. The standard InChI is InChI=1S/C20H22ClN3O3/c21-16-8-9-18(22-12-16)23-19(26)15-7-4-10-24(13-15)20(27)17(25)11-14-5-2-1-3-6-14/h1-3,5-6,8-9,12,15,17,25H,4,7,10-11,13H2,(H,22,23,26)/t15?,17-/m0/s1. The molecule has 0 saturated carbocycles. The molecular formula is C20H22ClN3O3. The molecule has 1 unspecified atom stereocenters. The fourth-order valence-corrected chi connectivity index (χ4v) is 3.32. The van der Waals surface area contributed by atoms with E-state index < -0.39 is 6.10 Å². The number of aliphatic hydroxyl groups excluding tert-OH is 1. The van der Waals surface area contributed by atoms with Gasteiger partial charge in [0, 0.05) is 25.7 Å². The first-order valence-corrected chi connectivity index (χ1v) is 9.34. The molecule has 2 N–H and O–H groups in total. The summed E-state index contributed by atoms with van der Waals surface area (Å²) in [6.45, 7) is 0.845. The minimum Gasteiger partial charge on any atom is -0.383 e. The van der Waals surface area contributed by atoms with Gasteiger partial charge in [-0.3, -0.25) is 9.59 Å². The smallest absolute Gasteiger partial charge is 0.251 e. The SMILES string of the molecule is O=C(Nc1ccc(Cl)cn1)C1CCCN(C(=O)[C@@H](O)Cc2ccccc2)C1. The number of carbonyl (C=O) groups excluding carboxylic acids is 2. The normalized spacial score (nSPS) is 18.0. The molecular weight excluding hydrogens is 366 g/mol. The summed E-state index contributed by atoms with van der Waals surface area (Å²) in [7, 11) is 0. The number of rotatable bonds is 5. The van der Waals surface area contributed by atoms with E-state index in [0.717, 1.165) is 12.0 Å². The minimum atomic E-state index is -1.10. The molecule has 2 atom stereocenters.